The van der Waals surface area contributed by atoms with Gasteiger partial charge in [0, 0.05) is 12.1 Å². The summed E-state index contributed by atoms with van der Waals surface area (Å²) in [6, 6.07) is 0. The summed E-state index contributed by atoms with van der Waals surface area (Å²) in [6.07, 6.45) is 6.80. The molecule has 0 saturated heterocycles. The lowest BCUT2D eigenvalue weighted by molar-refractivity contribution is 0.0879. The Hall–Kier alpha value is -0.700. The number of carbonyl (C=O) groups is 1. The molecule has 1 heterocycles. The van der Waals surface area contributed by atoms with Crippen molar-refractivity contribution in [1.29, 1.82) is 0 Å². The van der Waals surface area contributed by atoms with Crippen LogP contribution in [0, 0.1) is 17.8 Å². The quantitative estimate of drug-likeness (QED) is 0.698. The average Bonchev–Trinajstić information content (AvgIpc) is 2.93. The largest absolute Gasteiger partial charge is 0.293 e. The van der Waals surface area contributed by atoms with Crippen LogP contribution in [0.2, 0.25) is 0 Å². The SMILES string of the molecule is O=C(c1cncs1)C1CC2CCC1C2. The van der Waals surface area contributed by atoms with Gasteiger partial charge in [0.2, 0.25) is 0 Å². The van der Waals surface area contributed by atoms with E-state index in [9.17, 15) is 4.79 Å². The minimum absolute atomic E-state index is 0.328. The fraction of sp³-hybridized carbons (Fsp3) is 0.636. The van der Waals surface area contributed by atoms with Gasteiger partial charge in [-0.25, -0.2) is 0 Å². The summed E-state index contributed by atoms with van der Waals surface area (Å²) >= 11 is 1.48. The van der Waals surface area contributed by atoms with Gasteiger partial charge in [0.1, 0.15) is 0 Å². The van der Waals surface area contributed by atoms with E-state index < -0.39 is 0 Å². The molecule has 3 unspecified atom stereocenters. The molecule has 0 radical (unpaired) electrons. The van der Waals surface area contributed by atoms with Crippen molar-refractivity contribution in [1.82, 2.24) is 4.98 Å². The van der Waals surface area contributed by atoms with Crippen LogP contribution in [0.15, 0.2) is 11.7 Å². The van der Waals surface area contributed by atoms with Gasteiger partial charge < -0.3 is 0 Å². The lowest BCUT2D eigenvalue weighted by Crippen LogP contribution is -2.20. The van der Waals surface area contributed by atoms with Crippen LogP contribution in [0.25, 0.3) is 0 Å². The highest BCUT2D eigenvalue weighted by atomic mass is 32.1. The maximum atomic E-state index is 12.1. The molecule has 2 aliphatic carbocycles. The van der Waals surface area contributed by atoms with E-state index in [1.165, 1.54) is 30.6 Å². The fourth-order valence-corrected chi connectivity index (χ4v) is 3.71. The van der Waals surface area contributed by atoms with Gasteiger partial charge in [-0.2, -0.15) is 0 Å². The summed E-state index contributed by atoms with van der Waals surface area (Å²) < 4.78 is 0. The third-order valence-electron chi connectivity index (χ3n) is 3.75. The zero-order chi connectivity index (χ0) is 9.54. The van der Waals surface area contributed by atoms with E-state index >= 15 is 0 Å². The van der Waals surface area contributed by atoms with Crippen LogP contribution < -0.4 is 0 Å². The van der Waals surface area contributed by atoms with E-state index in [4.69, 9.17) is 0 Å². The molecular weight excluding hydrogens is 194 g/mol. The van der Waals surface area contributed by atoms with Gasteiger partial charge in [0.25, 0.3) is 0 Å². The number of thiazole rings is 1. The van der Waals surface area contributed by atoms with E-state index in [2.05, 4.69) is 4.98 Å². The number of ketones is 1. The fourth-order valence-electron chi connectivity index (χ4n) is 3.09. The molecule has 3 heteroatoms. The molecule has 2 fully saturated rings. The number of hydrogen-bond acceptors (Lipinski definition) is 3. The molecule has 0 aliphatic heterocycles. The molecule has 2 nitrogen and oxygen atoms in total. The maximum Gasteiger partial charge on any atom is 0.177 e. The topological polar surface area (TPSA) is 30.0 Å². The number of fused-ring (bicyclic) bond motifs is 2. The van der Waals surface area contributed by atoms with Crippen molar-refractivity contribution in [2.24, 2.45) is 17.8 Å². The first kappa shape index (κ1) is 8.60. The zero-order valence-corrected chi connectivity index (χ0v) is 8.80. The lowest BCUT2D eigenvalue weighted by Gasteiger charge is -2.19. The van der Waals surface area contributed by atoms with Crippen molar-refractivity contribution in [2.75, 3.05) is 0 Å². The molecule has 2 saturated carbocycles. The summed E-state index contributed by atoms with van der Waals surface area (Å²) in [4.78, 5) is 16.9. The highest BCUT2D eigenvalue weighted by Gasteiger charge is 2.43. The Morgan fingerprint density at radius 3 is 2.93 bits per heavy atom. The Balaban J connectivity index is 1.81. The van der Waals surface area contributed by atoms with Crippen LogP contribution in [-0.4, -0.2) is 10.8 Å². The van der Waals surface area contributed by atoms with Crippen LogP contribution in [0.4, 0.5) is 0 Å². The average molecular weight is 207 g/mol. The van der Waals surface area contributed by atoms with Crippen molar-refractivity contribution < 1.29 is 4.79 Å². The maximum absolute atomic E-state index is 12.1. The third kappa shape index (κ3) is 1.22. The standard InChI is InChI=1S/C11H13NOS/c13-11(10-5-12-6-14-10)9-4-7-1-2-8(9)3-7/h5-9H,1-4H2. The van der Waals surface area contributed by atoms with Gasteiger partial charge in [0.15, 0.2) is 5.78 Å². The molecule has 0 spiro atoms. The van der Waals surface area contributed by atoms with Crippen LogP contribution in [0.5, 0.6) is 0 Å². The molecule has 0 amide bonds. The number of aromatic nitrogens is 1. The van der Waals surface area contributed by atoms with Crippen LogP contribution in [0.1, 0.15) is 35.4 Å². The van der Waals surface area contributed by atoms with Crippen molar-refractivity contribution in [3.8, 4) is 0 Å². The summed E-state index contributed by atoms with van der Waals surface area (Å²) in [7, 11) is 0. The second-order valence-electron chi connectivity index (χ2n) is 4.51. The van der Waals surface area contributed by atoms with Crippen molar-refractivity contribution >= 4 is 17.1 Å². The van der Waals surface area contributed by atoms with E-state index in [0.717, 1.165) is 17.2 Å². The highest BCUT2D eigenvalue weighted by Crippen LogP contribution is 2.49. The number of hydrogen-bond donors (Lipinski definition) is 0. The predicted octanol–water partition coefficient (Wildman–Crippen LogP) is 2.76. The first-order valence-corrected chi connectivity index (χ1v) is 6.15. The monoisotopic (exact) mass is 207 g/mol. The van der Waals surface area contributed by atoms with Crippen molar-refractivity contribution in [3.05, 3.63) is 16.6 Å². The van der Waals surface area contributed by atoms with E-state index in [1.807, 2.05) is 0 Å². The second-order valence-corrected chi connectivity index (χ2v) is 5.40. The minimum atomic E-state index is 0.328. The smallest absolute Gasteiger partial charge is 0.177 e. The van der Waals surface area contributed by atoms with Crippen molar-refractivity contribution in [2.45, 2.75) is 25.7 Å². The summed E-state index contributed by atoms with van der Waals surface area (Å²) in [6.45, 7) is 0. The highest BCUT2D eigenvalue weighted by molar-refractivity contribution is 7.11. The summed E-state index contributed by atoms with van der Waals surface area (Å²) in [5, 5.41) is 0. The number of rotatable bonds is 2. The molecule has 0 aromatic carbocycles. The number of nitrogens with zero attached hydrogens (tertiary/aromatic N) is 1. The molecule has 0 N–H and O–H groups in total. The first-order valence-electron chi connectivity index (χ1n) is 5.27. The van der Waals surface area contributed by atoms with Gasteiger partial charge in [-0.3, -0.25) is 9.78 Å². The molecule has 3 rings (SSSR count). The first-order chi connectivity index (χ1) is 6.84. The molecule has 2 aliphatic rings. The third-order valence-corrected chi connectivity index (χ3v) is 4.54. The van der Waals surface area contributed by atoms with Crippen LogP contribution in [0.3, 0.4) is 0 Å². The van der Waals surface area contributed by atoms with E-state index in [-0.39, 0.29) is 0 Å². The van der Waals surface area contributed by atoms with Gasteiger partial charge in [-0.05, 0) is 31.1 Å². The van der Waals surface area contributed by atoms with Crippen molar-refractivity contribution in [3.63, 3.8) is 0 Å². The molecule has 3 atom stereocenters. The summed E-state index contributed by atoms with van der Waals surface area (Å²) in [5.74, 6) is 2.23. The molecule has 14 heavy (non-hydrogen) atoms. The molecule has 1 aromatic rings. The lowest BCUT2D eigenvalue weighted by atomic mass is 9.85. The Morgan fingerprint density at radius 2 is 2.36 bits per heavy atom. The van der Waals surface area contributed by atoms with Gasteiger partial charge in [0.05, 0.1) is 10.4 Å². The molecule has 74 valence electrons. The van der Waals surface area contributed by atoms with Gasteiger partial charge in [-0.15, -0.1) is 11.3 Å². The Bertz CT molecular complexity index is 346. The van der Waals surface area contributed by atoms with Crippen LogP contribution >= 0.6 is 11.3 Å². The predicted molar refractivity (Wildman–Crippen MR) is 55.4 cm³/mol. The molecular formula is C11H13NOS. The molecule has 2 bridgehead atoms. The number of carbonyl (C=O) groups excluding carboxylic acids is 1. The summed E-state index contributed by atoms with van der Waals surface area (Å²) in [5.41, 5.74) is 1.75. The van der Waals surface area contributed by atoms with E-state index in [1.54, 1.807) is 11.7 Å². The molecule has 1 aromatic heterocycles. The second kappa shape index (κ2) is 3.16. The zero-order valence-electron chi connectivity index (χ0n) is 7.98. The van der Waals surface area contributed by atoms with Gasteiger partial charge >= 0.3 is 0 Å². The number of Topliss-reactive ketones (excluding diaryl/α,β-unsaturated/α-hetero) is 1. The van der Waals surface area contributed by atoms with Crippen LogP contribution in [-0.2, 0) is 0 Å². The van der Waals surface area contributed by atoms with Gasteiger partial charge in [-0.1, -0.05) is 6.42 Å². The normalized spacial score (nSPS) is 35.0. The minimum Gasteiger partial charge on any atom is -0.293 e. The Morgan fingerprint density at radius 1 is 1.43 bits per heavy atom. The van der Waals surface area contributed by atoms with E-state index in [0.29, 0.717) is 17.6 Å². The Labute approximate surface area is 87.4 Å². The Kier molecular flexibility index (Phi) is 1.94.